The zero-order chi connectivity index (χ0) is 17.3. The number of amides is 1. The molecule has 1 aromatic carbocycles. The van der Waals surface area contributed by atoms with Crippen molar-refractivity contribution in [2.75, 3.05) is 23.3 Å². The molecule has 0 radical (unpaired) electrons. The summed E-state index contributed by atoms with van der Waals surface area (Å²) in [6.45, 7) is 6.07. The fourth-order valence-electron chi connectivity index (χ4n) is 4.09. The molecule has 4 atom stereocenters. The second-order valence-electron chi connectivity index (χ2n) is 6.55. The summed E-state index contributed by atoms with van der Waals surface area (Å²) in [6.07, 6.45) is 4.72. The van der Waals surface area contributed by atoms with Gasteiger partial charge in [0, 0.05) is 24.5 Å². The van der Waals surface area contributed by atoms with Crippen LogP contribution in [0.1, 0.15) is 20.3 Å². The summed E-state index contributed by atoms with van der Waals surface area (Å²) < 4.78 is 0. The molecule has 0 unspecified atom stereocenters. The lowest BCUT2D eigenvalue weighted by Gasteiger charge is -2.24. The van der Waals surface area contributed by atoms with Crippen LogP contribution in [0, 0.1) is 23.7 Å². The summed E-state index contributed by atoms with van der Waals surface area (Å²) in [5.41, 5.74) is 1.83. The van der Waals surface area contributed by atoms with E-state index in [9.17, 15) is 14.7 Å². The first kappa shape index (κ1) is 16.6. The van der Waals surface area contributed by atoms with E-state index in [2.05, 4.69) is 24.1 Å². The van der Waals surface area contributed by atoms with Gasteiger partial charge in [0.15, 0.2) is 0 Å². The van der Waals surface area contributed by atoms with Gasteiger partial charge < -0.3 is 15.3 Å². The molecule has 2 N–H and O–H groups in total. The van der Waals surface area contributed by atoms with Crippen molar-refractivity contribution < 1.29 is 14.7 Å². The Morgan fingerprint density at radius 2 is 1.67 bits per heavy atom. The lowest BCUT2D eigenvalue weighted by molar-refractivity contribution is -0.146. The van der Waals surface area contributed by atoms with Gasteiger partial charge in [0.05, 0.1) is 11.8 Å². The maximum atomic E-state index is 12.6. The van der Waals surface area contributed by atoms with Crippen molar-refractivity contribution >= 4 is 23.3 Å². The first-order valence-electron chi connectivity index (χ1n) is 8.62. The lowest BCUT2D eigenvalue weighted by Crippen LogP contribution is -2.36. The third-order valence-corrected chi connectivity index (χ3v) is 5.31. The van der Waals surface area contributed by atoms with E-state index in [-0.39, 0.29) is 17.7 Å². The number of anilines is 2. The number of hydrogen-bond acceptors (Lipinski definition) is 3. The average molecular weight is 328 g/mol. The molecule has 1 amide bonds. The highest BCUT2D eigenvalue weighted by Gasteiger charge is 2.51. The molecule has 5 heteroatoms. The Hall–Kier alpha value is -2.30. The molecule has 2 bridgehead atoms. The van der Waals surface area contributed by atoms with Crippen molar-refractivity contribution in [3.63, 3.8) is 0 Å². The van der Waals surface area contributed by atoms with Gasteiger partial charge in [-0.2, -0.15) is 0 Å². The van der Waals surface area contributed by atoms with Crippen molar-refractivity contribution in [3.05, 3.63) is 36.4 Å². The van der Waals surface area contributed by atoms with Crippen molar-refractivity contribution in [1.82, 2.24) is 0 Å². The molecule has 24 heavy (non-hydrogen) atoms. The molecular weight excluding hydrogens is 304 g/mol. The number of nitrogens with one attached hydrogen (secondary N) is 1. The summed E-state index contributed by atoms with van der Waals surface area (Å²) in [7, 11) is 0. The van der Waals surface area contributed by atoms with Crippen LogP contribution in [0.3, 0.4) is 0 Å². The molecule has 0 heterocycles. The molecule has 1 fully saturated rings. The topological polar surface area (TPSA) is 69.6 Å². The quantitative estimate of drug-likeness (QED) is 0.788. The fraction of sp³-hybridized carbons (Fsp3) is 0.474. The highest BCUT2D eigenvalue weighted by Crippen LogP contribution is 2.48. The predicted molar refractivity (Wildman–Crippen MR) is 94.0 cm³/mol. The average Bonchev–Trinajstić information content (AvgIpc) is 3.18. The molecule has 2 aliphatic rings. The largest absolute Gasteiger partial charge is 0.481 e. The van der Waals surface area contributed by atoms with Crippen molar-refractivity contribution in [3.8, 4) is 0 Å². The number of nitrogens with zero attached hydrogens (tertiary/aromatic N) is 1. The minimum absolute atomic E-state index is 0.00621. The van der Waals surface area contributed by atoms with Gasteiger partial charge >= 0.3 is 5.97 Å². The van der Waals surface area contributed by atoms with Crippen LogP contribution >= 0.6 is 0 Å². The summed E-state index contributed by atoms with van der Waals surface area (Å²) in [5.74, 6) is -2.09. The van der Waals surface area contributed by atoms with E-state index in [1.54, 1.807) is 0 Å². The Kier molecular flexibility index (Phi) is 4.60. The molecular formula is C19H24N2O3. The van der Waals surface area contributed by atoms with E-state index in [0.29, 0.717) is 5.69 Å². The van der Waals surface area contributed by atoms with Crippen molar-refractivity contribution in [2.24, 2.45) is 23.7 Å². The van der Waals surface area contributed by atoms with Gasteiger partial charge in [-0.25, -0.2) is 0 Å². The van der Waals surface area contributed by atoms with E-state index in [0.717, 1.165) is 25.2 Å². The predicted octanol–water partition coefficient (Wildman–Crippen LogP) is 2.99. The van der Waals surface area contributed by atoms with Crippen LogP contribution < -0.4 is 10.2 Å². The molecule has 3 rings (SSSR count). The molecule has 128 valence electrons. The second-order valence-corrected chi connectivity index (χ2v) is 6.55. The fourth-order valence-corrected chi connectivity index (χ4v) is 4.09. The van der Waals surface area contributed by atoms with Crippen LogP contribution in [-0.4, -0.2) is 30.1 Å². The number of fused-ring (bicyclic) bond motifs is 2. The van der Waals surface area contributed by atoms with Crippen LogP contribution in [0.4, 0.5) is 11.4 Å². The van der Waals surface area contributed by atoms with Gasteiger partial charge in [-0.15, -0.1) is 0 Å². The number of hydrogen-bond donors (Lipinski definition) is 2. The third-order valence-electron chi connectivity index (χ3n) is 5.31. The molecule has 2 aliphatic carbocycles. The number of carbonyl (C=O) groups excluding carboxylic acids is 1. The van der Waals surface area contributed by atoms with Crippen molar-refractivity contribution in [2.45, 2.75) is 20.3 Å². The Morgan fingerprint density at radius 3 is 2.21 bits per heavy atom. The van der Waals surface area contributed by atoms with E-state index in [1.807, 2.05) is 36.4 Å². The van der Waals surface area contributed by atoms with E-state index in [1.165, 1.54) is 0 Å². The van der Waals surface area contributed by atoms with Gasteiger partial charge in [0.2, 0.25) is 5.91 Å². The molecule has 1 saturated carbocycles. The number of aliphatic carboxylic acids is 1. The molecule has 0 aromatic heterocycles. The van der Waals surface area contributed by atoms with E-state index in [4.69, 9.17) is 0 Å². The summed E-state index contributed by atoms with van der Waals surface area (Å²) >= 11 is 0. The monoisotopic (exact) mass is 328 g/mol. The Balaban J connectivity index is 1.71. The molecule has 0 saturated heterocycles. The maximum Gasteiger partial charge on any atom is 0.307 e. The standard InChI is InChI=1S/C19H24N2O3/c1-3-21(4-2)15-9-7-14(8-10-15)20-18(22)16-12-5-6-13(11-12)17(16)19(23)24/h5-10,12-13,16-17H,3-4,11H2,1-2H3,(H,20,22)(H,23,24)/t12-,13+,16-,17+/m1/s1. The van der Waals surface area contributed by atoms with Gasteiger partial charge in [-0.3, -0.25) is 9.59 Å². The SMILES string of the molecule is CCN(CC)c1ccc(NC(=O)[C@H]2[C@@H](C(=O)O)[C@H]3C=C[C@@H]2C3)cc1. The number of benzene rings is 1. The highest BCUT2D eigenvalue weighted by atomic mass is 16.4. The normalized spacial score (nSPS) is 27.2. The van der Waals surface area contributed by atoms with Crippen molar-refractivity contribution in [1.29, 1.82) is 0 Å². The Bertz CT molecular complexity index is 649. The minimum atomic E-state index is -0.871. The smallest absolute Gasteiger partial charge is 0.307 e. The van der Waals surface area contributed by atoms with Crippen LogP contribution in [0.5, 0.6) is 0 Å². The summed E-state index contributed by atoms with van der Waals surface area (Å²) in [6, 6.07) is 7.73. The zero-order valence-electron chi connectivity index (χ0n) is 14.1. The Labute approximate surface area is 142 Å². The van der Waals surface area contributed by atoms with Crippen LogP contribution in [0.25, 0.3) is 0 Å². The number of carbonyl (C=O) groups is 2. The number of rotatable bonds is 6. The van der Waals surface area contributed by atoms with Gasteiger partial charge in [-0.1, -0.05) is 12.2 Å². The number of carboxylic acid groups (broad SMARTS) is 1. The highest BCUT2D eigenvalue weighted by molar-refractivity contribution is 5.96. The Morgan fingerprint density at radius 1 is 1.08 bits per heavy atom. The zero-order valence-corrected chi connectivity index (χ0v) is 14.1. The second kappa shape index (κ2) is 6.67. The van der Waals surface area contributed by atoms with Gasteiger partial charge in [0.25, 0.3) is 0 Å². The first-order valence-corrected chi connectivity index (χ1v) is 8.62. The summed E-state index contributed by atoms with van der Waals surface area (Å²) in [4.78, 5) is 26.4. The van der Waals surface area contributed by atoms with Crippen LogP contribution in [0.15, 0.2) is 36.4 Å². The van der Waals surface area contributed by atoms with Crippen LogP contribution in [0.2, 0.25) is 0 Å². The van der Waals surface area contributed by atoms with E-state index < -0.39 is 17.8 Å². The summed E-state index contributed by atoms with van der Waals surface area (Å²) in [5, 5.41) is 12.4. The first-order chi connectivity index (χ1) is 11.5. The molecule has 0 spiro atoms. The number of carboxylic acids is 1. The minimum Gasteiger partial charge on any atom is -0.481 e. The maximum absolute atomic E-state index is 12.6. The van der Waals surface area contributed by atoms with Gasteiger partial charge in [-0.05, 0) is 56.4 Å². The van der Waals surface area contributed by atoms with Crippen LogP contribution in [-0.2, 0) is 9.59 Å². The molecule has 5 nitrogen and oxygen atoms in total. The van der Waals surface area contributed by atoms with E-state index >= 15 is 0 Å². The van der Waals surface area contributed by atoms with Gasteiger partial charge in [0.1, 0.15) is 0 Å². The molecule has 0 aliphatic heterocycles. The third kappa shape index (κ3) is 2.90. The number of allylic oxidation sites excluding steroid dienone is 2. The lowest BCUT2D eigenvalue weighted by atomic mass is 9.82. The molecule has 1 aromatic rings.